The van der Waals surface area contributed by atoms with Crippen LogP contribution < -0.4 is 5.73 Å². The topological polar surface area (TPSA) is 46.2 Å². The number of nitrogens with two attached hydrogens (primary N) is 1. The maximum absolute atomic E-state index is 9.60. The van der Waals surface area contributed by atoms with E-state index in [1.54, 1.807) is 25.1 Å². The first-order chi connectivity index (χ1) is 6.00. The molecule has 0 aliphatic heterocycles. The van der Waals surface area contributed by atoms with Crippen molar-refractivity contribution in [1.29, 1.82) is 0 Å². The van der Waals surface area contributed by atoms with Crippen molar-refractivity contribution >= 4 is 23.2 Å². The zero-order valence-corrected chi connectivity index (χ0v) is 8.68. The van der Waals surface area contributed by atoms with Gasteiger partial charge >= 0.3 is 0 Å². The van der Waals surface area contributed by atoms with Gasteiger partial charge in [0.15, 0.2) is 0 Å². The fraction of sp³-hybridized carbons (Fsp3) is 0.333. The molecule has 0 fully saturated rings. The van der Waals surface area contributed by atoms with Crippen LogP contribution in [0.1, 0.15) is 18.6 Å². The van der Waals surface area contributed by atoms with Crippen molar-refractivity contribution in [3.63, 3.8) is 0 Å². The van der Waals surface area contributed by atoms with E-state index >= 15 is 0 Å². The normalized spacial score (nSPS) is 15.5. The second-order valence-corrected chi connectivity index (χ2v) is 3.88. The quantitative estimate of drug-likeness (QED) is 0.803. The first-order valence-corrected chi connectivity index (χ1v) is 4.66. The first-order valence-electron chi connectivity index (χ1n) is 3.90. The molecule has 2 atom stereocenters. The summed E-state index contributed by atoms with van der Waals surface area (Å²) in [5, 5.41) is 10.6. The van der Waals surface area contributed by atoms with Crippen LogP contribution in [-0.4, -0.2) is 11.1 Å². The maximum atomic E-state index is 9.60. The van der Waals surface area contributed by atoms with Crippen LogP contribution in [0.15, 0.2) is 18.2 Å². The Labute approximate surface area is 87.3 Å². The highest BCUT2D eigenvalue weighted by molar-refractivity contribution is 6.34. The molecule has 0 radical (unpaired) electrons. The van der Waals surface area contributed by atoms with Crippen molar-refractivity contribution in [2.24, 2.45) is 5.73 Å². The lowest BCUT2D eigenvalue weighted by Gasteiger charge is -2.15. The zero-order valence-electron chi connectivity index (χ0n) is 7.17. The minimum absolute atomic E-state index is 0.338. The summed E-state index contributed by atoms with van der Waals surface area (Å²) in [6, 6.07) is 4.58. The van der Waals surface area contributed by atoms with Crippen LogP contribution in [0.25, 0.3) is 0 Å². The molecule has 13 heavy (non-hydrogen) atoms. The Balaban J connectivity index is 3.01. The molecule has 0 spiro atoms. The lowest BCUT2D eigenvalue weighted by molar-refractivity contribution is 0.153. The Morgan fingerprint density at radius 2 is 1.69 bits per heavy atom. The van der Waals surface area contributed by atoms with E-state index in [0.29, 0.717) is 15.6 Å². The van der Waals surface area contributed by atoms with E-state index in [9.17, 15) is 5.11 Å². The third kappa shape index (κ3) is 2.85. The SMILES string of the molecule is CC(N)C(O)c1cc(Cl)cc(Cl)c1. The summed E-state index contributed by atoms with van der Waals surface area (Å²) in [6.45, 7) is 1.72. The van der Waals surface area contributed by atoms with Gasteiger partial charge < -0.3 is 10.8 Å². The standard InChI is InChI=1S/C9H11Cl2NO/c1-5(12)9(13)6-2-7(10)4-8(11)3-6/h2-5,9,13H,12H2,1H3. The molecule has 1 aromatic rings. The van der Waals surface area contributed by atoms with Gasteiger partial charge in [0.1, 0.15) is 0 Å². The molecular formula is C9H11Cl2NO. The number of halogens is 2. The molecule has 0 saturated carbocycles. The van der Waals surface area contributed by atoms with Gasteiger partial charge in [-0.2, -0.15) is 0 Å². The summed E-state index contributed by atoms with van der Waals surface area (Å²) in [4.78, 5) is 0. The van der Waals surface area contributed by atoms with Crippen LogP contribution in [0, 0.1) is 0 Å². The highest BCUT2D eigenvalue weighted by Gasteiger charge is 2.13. The summed E-state index contributed by atoms with van der Waals surface area (Å²) in [5.41, 5.74) is 6.18. The van der Waals surface area contributed by atoms with Crippen LogP contribution >= 0.6 is 23.2 Å². The lowest BCUT2D eigenvalue weighted by atomic mass is 10.0. The van der Waals surface area contributed by atoms with E-state index in [4.69, 9.17) is 28.9 Å². The fourth-order valence-electron chi connectivity index (χ4n) is 1.05. The van der Waals surface area contributed by atoms with Crippen molar-refractivity contribution in [3.8, 4) is 0 Å². The minimum atomic E-state index is -0.726. The molecule has 0 amide bonds. The Kier molecular flexibility index (Phi) is 3.56. The van der Waals surface area contributed by atoms with Crippen molar-refractivity contribution in [2.45, 2.75) is 19.1 Å². The van der Waals surface area contributed by atoms with E-state index in [1.807, 2.05) is 0 Å². The molecular weight excluding hydrogens is 209 g/mol. The van der Waals surface area contributed by atoms with Gasteiger partial charge in [-0.25, -0.2) is 0 Å². The Hall–Kier alpha value is -0.280. The Bertz CT molecular complexity index is 281. The van der Waals surface area contributed by atoms with E-state index < -0.39 is 6.10 Å². The fourth-order valence-corrected chi connectivity index (χ4v) is 1.59. The Morgan fingerprint density at radius 3 is 2.08 bits per heavy atom. The number of hydrogen-bond acceptors (Lipinski definition) is 2. The van der Waals surface area contributed by atoms with E-state index in [1.165, 1.54) is 0 Å². The van der Waals surface area contributed by atoms with Gasteiger partial charge in [-0.15, -0.1) is 0 Å². The summed E-state index contributed by atoms with van der Waals surface area (Å²) in [5.74, 6) is 0. The molecule has 2 nitrogen and oxygen atoms in total. The molecule has 2 unspecified atom stereocenters. The minimum Gasteiger partial charge on any atom is -0.387 e. The third-order valence-corrected chi connectivity index (χ3v) is 2.16. The molecule has 4 heteroatoms. The van der Waals surface area contributed by atoms with Gasteiger partial charge in [-0.1, -0.05) is 23.2 Å². The lowest BCUT2D eigenvalue weighted by Crippen LogP contribution is -2.24. The molecule has 0 aliphatic rings. The van der Waals surface area contributed by atoms with E-state index in [2.05, 4.69) is 0 Å². The second kappa shape index (κ2) is 4.29. The molecule has 0 saturated heterocycles. The molecule has 3 N–H and O–H groups in total. The number of aliphatic hydroxyl groups excluding tert-OH is 1. The van der Waals surface area contributed by atoms with Gasteiger partial charge in [-0.3, -0.25) is 0 Å². The van der Waals surface area contributed by atoms with E-state index in [-0.39, 0.29) is 6.04 Å². The van der Waals surface area contributed by atoms with Crippen molar-refractivity contribution in [2.75, 3.05) is 0 Å². The number of benzene rings is 1. The van der Waals surface area contributed by atoms with Crippen molar-refractivity contribution < 1.29 is 5.11 Å². The number of rotatable bonds is 2. The summed E-state index contributed by atoms with van der Waals surface area (Å²) in [7, 11) is 0. The monoisotopic (exact) mass is 219 g/mol. The average Bonchev–Trinajstić information content (AvgIpc) is 2.01. The zero-order chi connectivity index (χ0) is 10.0. The molecule has 0 aliphatic carbocycles. The van der Waals surface area contributed by atoms with Gasteiger partial charge in [0.25, 0.3) is 0 Å². The van der Waals surface area contributed by atoms with Gasteiger partial charge in [0.2, 0.25) is 0 Å². The largest absolute Gasteiger partial charge is 0.387 e. The Morgan fingerprint density at radius 1 is 1.23 bits per heavy atom. The average molecular weight is 220 g/mol. The molecule has 0 heterocycles. The molecule has 1 aromatic carbocycles. The molecule has 72 valence electrons. The number of hydrogen-bond donors (Lipinski definition) is 2. The first kappa shape index (κ1) is 10.8. The van der Waals surface area contributed by atoms with Gasteiger partial charge in [0.05, 0.1) is 6.10 Å². The summed E-state index contributed by atoms with van der Waals surface area (Å²) >= 11 is 11.5. The summed E-state index contributed by atoms with van der Waals surface area (Å²) in [6.07, 6.45) is -0.726. The molecule has 0 aromatic heterocycles. The second-order valence-electron chi connectivity index (χ2n) is 3.01. The molecule has 1 rings (SSSR count). The van der Waals surface area contributed by atoms with Crippen LogP contribution in [0.5, 0.6) is 0 Å². The predicted octanol–water partition coefficient (Wildman–Crippen LogP) is 2.37. The maximum Gasteiger partial charge on any atom is 0.0939 e. The van der Waals surface area contributed by atoms with E-state index in [0.717, 1.165) is 0 Å². The van der Waals surface area contributed by atoms with Gasteiger partial charge in [0, 0.05) is 16.1 Å². The van der Waals surface area contributed by atoms with Crippen LogP contribution in [0.2, 0.25) is 10.0 Å². The smallest absolute Gasteiger partial charge is 0.0939 e. The van der Waals surface area contributed by atoms with Gasteiger partial charge in [-0.05, 0) is 30.7 Å². The highest BCUT2D eigenvalue weighted by Crippen LogP contribution is 2.24. The molecule has 0 bridgehead atoms. The third-order valence-electron chi connectivity index (χ3n) is 1.72. The van der Waals surface area contributed by atoms with Crippen molar-refractivity contribution in [3.05, 3.63) is 33.8 Å². The van der Waals surface area contributed by atoms with Crippen LogP contribution in [-0.2, 0) is 0 Å². The predicted molar refractivity (Wildman–Crippen MR) is 55.1 cm³/mol. The number of aliphatic hydroxyl groups is 1. The van der Waals surface area contributed by atoms with Crippen LogP contribution in [0.3, 0.4) is 0 Å². The highest BCUT2D eigenvalue weighted by atomic mass is 35.5. The summed E-state index contributed by atoms with van der Waals surface area (Å²) < 4.78 is 0. The van der Waals surface area contributed by atoms with Crippen molar-refractivity contribution in [1.82, 2.24) is 0 Å². The van der Waals surface area contributed by atoms with Crippen LogP contribution in [0.4, 0.5) is 0 Å².